The Morgan fingerprint density at radius 2 is 1.79 bits per heavy atom. The molecule has 1 aliphatic carbocycles. The number of hydrogen-bond donors (Lipinski definition) is 1. The molecule has 0 spiro atoms. The van der Waals surface area contributed by atoms with Gasteiger partial charge < -0.3 is 14.8 Å². The van der Waals surface area contributed by atoms with Crippen molar-refractivity contribution >= 4 is 22.7 Å². The monoisotopic (exact) mass is 513 g/mol. The predicted octanol–water partition coefficient (Wildman–Crippen LogP) is 4.52. The molecule has 9 heteroatoms. The van der Waals surface area contributed by atoms with Crippen LogP contribution in [0.25, 0.3) is 16.7 Å². The topological polar surface area (TPSA) is 90.0 Å². The molecule has 1 aliphatic heterocycles. The van der Waals surface area contributed by atoms with E-state index in [9.17, 15) is 9.59 Å². The SMILES string of the molecule is Cc1cc(Nc2ncc3c(=O)n(C4CC4)n(-c4ccc(=O)n(C(C)C)c4)c3n2)ccc1C1CCN(C)CC1. The molecule has 9 nitrogen and oxygen atoms in total. The van der Waals surface area contributed by atoms with Gasteiger partial charge in [0.2, 0.25) is 5.95 Å². The highest BCUT2D eigenvalue weighted by Gasteiger charge is 2.31. The van der Waals surface area contributed by atoms with Gasteiger partial charge in [-0.25, -0.2) is 14.3 Å². The van der Waals surface area contributed by atoms with Gasteiger partial charge in [0, 0.05) is 30.2 Å². The zero-order valence-corrected chi connectivity index (χ0v) is 22.5. The Balaban J connectivity index is 1.38. The molecule has 0 atom stereocenters. The van der Waals surface area contributed by atoms with E-state index in [1.165, 1.54) is 24.0 Å². The third-order valence-electron chi connectivity index (χ3n) is 7.92. The third kappa shape index (κ3) is 4.45. The molecule has 0 bridgehead atoms. The molecule has 1 N–H and O–H groups in total. The number of rotatable bonds is 6. The van der Waals surface area contributed by atoms with Crippen LogP contribution in [0, 0.1) is 6.92 Å². The summed E-state index contributed by atoms with van der Waals surface area (Å²) in [4.78, 5) is 37.5. The van der Waals surface area contributed by atoms with Crippen molar-refractivity contribution in [2.24, 2.45) is 0 Å². The molecule has 38 heavy (non-hydrogen) atoms. The predicted molar refractivity (Wildman–Crippen MR) is 150 cm³/mol. The molecule has 0 unspecified atom stereocenters. The Labute approximate surface area is 221 Å². The molecule has 198 valence electrons. The van der Waals surface area contributed by atoms with Crippen molar-refractivity contribution in [1.29, 1.82) is 0 Å². The van der Waals surface area contributed by atoms with Crippen molar-refractivity contribution in [1.82, 2.24) is 28.8 Å². The average molecular weight is 514 g/mol. The van der Waals surface area contributed by atoms with Crippen LogP contribution in [0.2, 0.25) is 0 Å². The minimum Gasteiger partial charge on any atom is -0.324 e. The Morgan fingerprint density at radius 1 is 1.03 bits per heavy atom. The quantitative estimate of drug-likeness (QED) is 0.408. The van der Waals surface area contributed by atoms with E-state index in [2.05, 4.69) is 47.4 Å². The van der Waals surface area contributed by atoms with Crippen LogP contribution < -0.4 is 16.4 Å². The van der Waals surface area contributed by atoms with Crippen LogP contribution >= 0.6 is 0 Å². The molecule has 4 aromatic rings. The van der Waals surface area contributed by atoms with Crippen molar-refractivity contribution in [3.63, 3.8) is 0 Å². The summed E-state index contributed by atoms with van der Waals surface area (Å²) in [7, 11) is 2.19. The number of benzene rings is 1. The normalized spacial score (nSPS) is 17.0. The summed E-state index contributed by atoms with van der Waals surface area (Å²) in [5.41, 5.74) is 4.69. The van der Waals surface area contributed by atoms with Gasteiger partial charge in [0.05, 0.1) is 11.7 Å². The number of nitrogens with zero attached hydrogens (tertiary/aromatic N) is 6. The summed E-state index contributed by atoms with van der Waals surface area (Å²) in [6, 6.07) is 9.91. The maximum Gasteiger partial charge on any atom is 0.278 e. The molecule has 1 saturated heterocycles. The minimum atomic E-state index is -0.102. The summed E-state index contributed by atoms with van der Waals surface area (Å²) in [5.74, 6) is 1.03. The maximum absolute atomic E-state index is 13.4. The van der Waals surface area contributed by atoms with E-state index in [1.807, 2.05) is 24.7 Å². The number of hydrogen-bond acceptors (Lipinski definition) is 6. The van der Waals surface area contributed by atoms with Crippen molar-refractivity contribution in [3.05, 3.63) is 74.6 Å². The van der Waals surface area contributed by atoms with Gasteiger partial charge in [-0.2, -0.15) is 4.98 Å². The second-order valence-corrected chi connectivity index (χ2v) is 11.1. The first kappa shape index (κ1) is 24.6. The van der Waals surface area contributed by atoms with Gasteiger partial charge in [0.25, 0.3) is 11.1 Å². The summed E-state index contributed by atoms with van der Waals surface area (Å²) < 4.78 is 5.31. The number of piperidine rings is 1. The molecule has 1 aromatic carbocycles. The number of nitrogens with one attached hydrogen (secondary N) is 1. The largest absolute Gasteiger partial charge is 0.324 e. The fourth-order valence-electron chi connectivity index (χ4n) is 5.64. The van der Waals surface area contributed by atoms with E-state index < -0.39 is 0 Å². The zero-order chi connectivity index (χ0) is 26.6. The van der Waals surface area contributed by atoms with E-state index in [0.717, 1.165) is 37.3 Å². The molecule has 0 radical (unpaired) electrons. The summed E-state index contributed by atoms with van der Waals surface area (Å²) in [6.07, 6.45) is 7.68. The third-order valence-corrected chi connectivity index (χ3v) is 7.92. The highest BCUT2D eigenvalue weighted by atomic mass is 16.1. The molecule has 2 aliphatic rings. The lowest BCUT2D eigenvalue weighted by atomic mass is 9.87. The van der Waals surface area contributed by atoms with E-state index in [1.54, 1.807) is 27.6 Å². The van der Waals surface area contributed by atoms with Gasteiger partial charge in [-0.1, -0.05) is 6.07 Å². The van der Waals surface area contributed by atoms with Gasteiger partial charge in [-0.05, 0) is 102 Å². The molecular formula is C29H35N7O2. The molecule has 2 fully saturated rings. The number of fused-ring (bicyclic) bond motifs is 1. The lowest BCUT2D eigenvalue weighted by Crippen LogP contribution is -2.29. The molecule has 6 rings (SSSR count). The van der Waals surface area contributed by atoms with E-state index >= 15 is 0 Å². The van der Waals surface area contributed by atoms with Crippen LogP contribution in [-0.4, -0.2) is 48.9 Å². The second kappa shape index (κ2) is 9.54. The van der Waals surface area contributed by atoms with Gasteiger partial charge in [0.1, 0.15) is 5.39 Å². The highest BCUT2D eigenvalue weighted by Crippen LogP contribution is 2.36. The number of pyridine rings is 1. The number of anilines is 2. The first-order chi connectivity index (χ1) is 18.3. The van der Waals surface area contributed by atoms with Crippen LogP contribution in [0.15, 0.2) is 52.3 Å². The molecule has 1 saturated carbocycles. The summed E-state index contributed by atoms with van der Waals surface area (Å²) in [6.45, 7) is 8.37. The Hall–Kier alpha value is -3.72. The van der Waals surface area contributed by atoms with E-state index in [-0.39, 0.29) is 23.2 Å². The fraction of sp³-hybridized carbons (Fsp3) is 0.448. The zero-order valence-electron chi connectivity index (χ0n) is 22.5. The summed E-state index contributed by atoms with van der Waals surface area (Å²) >= 11 is 0. The van der Waals surface area contributed by atoms with E-state index in [0.29, 0.717) is 22.9 Å². The van der Waals surface area contributed by atoms with Crippen LogP contribution in [0.4, 0.5) is 11.6 Å². The lowest BCUT2D eigenvalue weighted by molar-refractivity contribution is 0.255. The van der Waals surface area contributed by atoms with Crippen molar-refractivity contribution in [2.75, 3.05) is 25.5 Å². The average Bonchev–Trinajstić information content (AvgIpc) is 3.69. The molecule has 0 amide bonds. The van der Waals surface area contributed by atoms with Crippen LogP contribution in [0.5, 0.6) is 0 Å². The Kier molecular flexibility index (Phi) is 6.18. The lowest BCUT2D eigenvalue weighted by Gasteiger charge is -2.30. The first-order valence-corrected chi connectivity index (χ1v) is 13.6. The second-order valence-electron chi connectivity index (χ2n) is 11.1. The standard InChI is InChI=1S/C29H35N7O2/c1-18(2)34-17-23(8-10-26(34)37)35-27-25(28(38)36(35)22-6-7-22)16-30-29(32-27)31-21-5-9-24(19(3)15-21)20-11-13-33(4)14-12-20/h5,8-10,15-18,20,22H,6-7,11-14H2,1-4H3,(H,30,31,32). The van der Waals surface area contributed by atoms with Gasteiger partial charge in [-0.3, -0.25) is 9.59 Å². The number of aryl methyl sites for hydroxylation is 1. The van der Waals surface area contributed by atoms with Crippen LogP contribution in [0.1, 0.15) is 68.7 Å². The minimum absolute atomic E-state index is 0.00189. The molecular weight excluding hydrogens is 478 g/mol. The molecule has 3 aromatic heterocycles. The number of likely N-dealkylation sites (tertiary alicyclic amines) is 1. The summed E-state index contributed by atoms with van der Waals surface area (Å²) in [5, 5.41) is 3.83. The Bertz CT molecular complexity index is 1620. The van der Waals surface area contributed by atoms with Crippen LogP contribution in [-0.2, 0) is 0 Å². The maximum atomic E-state index is 13.4. The van der Waals surface area contributed by atoms with Crippen molar-refractivity contribution < 1.29 is 0 Å². The smallest absolute Gasteiger partial charge is 0.278 e. The van der Waals surface area contributed by atoms with Crippen molar-refractivity contribution in [3.8, 4) is 5.69 Å². The van der Waals surface area contributed by atoms with Crippen LogP contribution in [0.3, 0.4) is 0 Å². The number of aromatic nitrogens is 5. The Morgan fingerprint density at radius 3 is 2.47 bits per heavy atom. The van der Waals surface area contributed by atoms with E-state index in [4.69, 9.17) is 4.98 Å². The van der Waals surface area contributed by atoms with Crippen molar-refractivity contribution in [2.45, 2.75) is 64.5 Å². The first-order valence-electron chi connectivity index (χ1n) is 13.6. The van der Waals surface area contributed by atoms with Gasteiger partial charge in [0.15, 0.2) is 5.65 Å². The van der Waals surface area contributed by atoms with Gasteiger partial charge in [-0.15, -0.1) is 0 Å². The fourth-order valence-corrected chi connectivity index (χ4v) is 5.64. The van der Waals surface area contributed by atoms with Gasteiger partial charge >= 0.3 is 0 Å². The highest BCUT2D eigenvalue weighted by molar-refractivity contribution is 5.77. The molecule has 4 heterocycles.